The highest BCUT2D eigenvalue weighted by Gasteiger charge is 2.07. The molecule has 23 heavy (non-hydrogen) atoms. The van der Waals surface area contributed by atoms with E-state index in [4.69, 9.17) is 0 Å². The van der Waals surface area contributed by atoms with E-state index in [0.717, 1.165) is 36.5 Å². The molecule has 3 aromatic heterocycles. The van der Waals surface area contributed by atoms with Crippen molar-refractivity contribution in [3.8, 4) is 11.5 Å². The third-order valence-electron chi connectivity index (χ3n) is 3.62. The maximum atomic E-state index is 4.42. The predicted octanol–water partition coefficient (Wildman–Crippen LogP) is 2.98. The molecule has 0 N–H and O–H groups in total. The van der Waals surface area contributed by atoms with Gasteiger partial charge in [-0.1, -0.05) is 6.07 Å². The van der Waals surface area contributed by atoms with Crippen molar-refractivity contribution < 1.29 is 0 Å². The molecule has 118 valence electrons. The fourth-order valence-electron chi connectivity index (χ4n) is 2.31. The summed E-state index contributed by atoms with van der Waals surface area (Å²) in [5.41, 5.74) is 4.96. The zero-order valence-electron chi connectivity index (χ0n) is 13.3. The van der Waals surface area contributed by atoms with Crippen molar-refractivity contribution >= 4 is 11.3 Å². The van der Waals surface area contributed by atoms with E-state index < -0.39 is 0 Å². The van der Waals surface area contributed by atoms with E-state index in [1.807, 2.05) is 36.1 Å². The Labute approximate surface area is 140 Å². The summed E-state index contributed by atoms with van der Waals surface area (Å²) in [5.74, 6) is 0.664. The van der Waals surface area contributed by atoms with E-state index in [9.17, 15) is 0 Å². The van der Waals surface area contributed by atoms with Crippen molar-refractivity contribution in [3.05, 3.63) is 58.4 Å². The second kappa shape index (κ2) is 7.39. The van der Waals surface area contributed by atoms with Gasteiger partial charge in [0.25, 0.3) is 0 Å². The molecule has 3 heterocycles. The highest BCUT2D eigenvalue weighted by Crippen LogP contribution is 2.14. The van der Waals surface area contributed by atoms with Crippen LogP contribution in [0.3, 0.4) is 0 Å². The van der Waals surface area contributed by atoms with Gasteiger partial charge >= 0.3 is 0 Å². The van der Waals surface area contributed by atoms with Crippen molar-refractivity contribution in [1.82, 2.24) is 24.8 Å². The molecule has 3 aromatic rings. The summed E-state index contributed by atoms with van der Waals surface area (Å²) in [5, 5.41) is 0. The standard InChI is InChI=1S/C17H19N5S/c1-13-16(23-12-21-13)6-8-22(2)11-14-9-19-17(20-10-14)15-5-3-4-7-18-15/h3-5,7,9-10,12H,6,8,11H2,1-2H3. The molecule has 0 fully saturated rings. The molecule has 0 spiro atoms. The van der Waals surface area contributed by atoms with E-state index in [2.05, 4.69) is 38.8 Å². The van der Waals surface area contributed by atoms with E-state index >= 15 is 0 Å². The molecule has 0 saturated carbocycles. The summed E-state index contributed by atoms with van der Waals surface area (Å²) >= 11 is 1.73. The molecule has 0 amide bonds. The summed E-state index contributed by atoms with van der Waals surface area (Å²) in [6.07, 6.45) is 6.54. The van der Waals surface area contributed by atoms with Crippen LogP contribution in [0.15, 0.2) is 42.3 Å². The molecule has 0 saturated heterocycles. The Morgan fingerprint density at radius 2 is 1.91 bits per heavy atom. The molecular weight excluding hydrogens is 306 g/mol. The van der Waals surface area contributed by atoms with Gasteiger partial charge < -0.3 is 4.90 Å². The minimum atomic E-state index is 0.664. The van der Waals surface area contributed by atoms with Crippen LogP contribution >= 0.6 is 11.3 Å². The van der Waals surface area contributed by atoms with Crippen LogP contribution in [0, 0.1) is 6.92 Å². The van der Waals surface area contributed by atoms with Crippen LogP contribution in [0.1, 0.15) is 16.1 Å². The number of hydrogen-bond acceptors (Lipinski definition) is 6. The normalized spacial score (nSPS) is 11.1. The summed E-state index contributed by atoms with van der Waals surface area (Å²) < 4.78 is 0. The van der Waals surface area contributed by atoms with Gasteiger partial charge in [0, 0.05) is 42.1 Å². The van der Waals surface area contributed by atoms with Gasteiger partial charge in [0.05, 0.1) is 11.2 Å². The highest BCUT2D eigenvalue weighted by atomic mass is 32.1. The fourth-order valence-corrected chi connectivity index (χ4v) is 3.08. The predicted molar refractivity (Wildman–Crippen MR) is 92.2 cm³/mol. The zero-order chi connectivity index (χ0) is 16.1. The van der Waals surface area contributed by atoms with Gasteiger partial charge in [-0.2, -0.15) is 0 Å². The van der Waals surface area contributed by atoms with Gasteiger partial charge in [-0.3, -0.25) is 4.98 Å². The monoisotopic (exact) mass is 325 g/mol. The first-order chi connectivity index (χ1) is 11.2. The highest BCUT2D eigenvalue weighted by molar-refractivity contribution is 7.09. The van der Waals surface area contributed by atoms with Gasteiger partial charge in [0.15, 0.2) is 5.82 Å². The Morgan fingerprint density at radius 3 is 2.57 bits per heavy atom. The molecule has 5 nitrogen and oxygen atoms in total. The maximum absolute atomic E-state index is 4.42. The third-order valence-corrected chi connectivity index (χ3v) is 4.61. The van der Waals surface area contributed by atoms with E-state index in [1.54, 1.807) is 17.5 Å². The molecule has 0 bridgehead atoms. The fraction of sp³-hybridized carbons (Fsp3) is 0.294. The summed E-state index contributed by atoms with van der Waals surface area (Å²) in [7, 11) is 2.11. The Balaban J connectivity index is 1.56. The van der Waals surface area contributed by atoms with Gasteiger partial charge in [-0.25, -0.2) is 15.0 Å². The number of nitrogens with zero attached hydrogens (tertiary/aromatic N) is 5. The molecule has 0 aliphatic rings. The van der Waals surface area contributed by atoms with Crippen LogP contribution in [-0.4, -0.2) is 38.4 Å². The molecule has 0 radical (unpaired) electrons. The van der Waals surface area contributed by atoms with E-state index in [-0.39, 0.29) is 0 Å². The van der Waals surface area contributed by atoms with Crippen LogP contribution in [0.5, 0.6) is 0 Å². The van der Waals surface area contributed by atoms with Crippen LogP contribution in [0.25, 0.3) is 11.5 Å². The van der Waals surface area contributed by atoms with Crippen molar-refractivity contribution in [3.63, 3.8) is 0 Å². The molecule has 0 aliphatic heterocycles. The maximum Gasteiger partial charge on any atom is 0.178 e. The number of aryl methyl sites for hydroxylation is 1. The summed E-state index contributed by atoms with van der Waals surface area (Å²) in [4.78, 5) is 21.0. The first-order valence-electron chi connectivity index (χ1n) is 7.52. The van der Waals surface area contributed by atoms with Crippen molar-refractivity contribution in [2.45, 2.75) is 19.9 Å². The molecule has 3 rings (SSSR count). The van der Waals surface area contributed by atoms with Crippen molar-refractivity contribution in [1.29, 1.82) is 0 Å². The number of aromatic nitrogens is 4. The number of hydrogen-bond donors (Lipinski definition) is 0. The summed E-state index contributed by atoms with van der Waals surface area (Å²) in [6.45, 7) is 3.89. The molecule has 0 aliphatic carbocycles. The van der Waals surface area contributed by atoms with Crippen LogP contribution < -0.4 is 0 Å². The molecule has 0 atom stereocenters. The number of likely N-dealkylation sites (N-methyl/N-ethyl adjacent to an activating group) is 1. The van der Waals surface area contributed by atoms with Gasteiger partial charge in [-0.15, -0.1) is 11.3 Å². The lowest BCUT2D eigenvalue weighted by Crippen LogP contribution is -2.21. The molecule has 0 unspecified atom stereocenters. The lowest BCUT2D eigenvalue weighted by Gasteiger charge is -2.16. The van der Waals surface area contributed by atoms with Gasteiger partial charge in [0.2, 0.25) is 0 Å². The first-order valence-corrected chi connectivity index (χ1v) is 8.40. The third kappa shape index (κ3) is 4.18. The quantitative estimate of drug-likeness (QED) is 0.697. The van der Waals surface area contributed by atoms with Crippen molar-refractivity contribution in [2.75, 3.05) is 13.6 Å². The van der Waals surface area contributed by atoms with E-state index in [0.29, 0.717) is 5.82 Å². The Kier molecular flexibility index (Phi) is 5.05. The van der Waals surface area contributed by atoms with Crippen molar-refractivity contribution in [2.24, 2.45) is 0 Å². The smallest absolute Gasteiger partial charge is 0.178 e. The van der Waals surface area contributed by atoms with Crippen LogP contribution in [0.2, 0.25) is 0 Å². The SMILES string of the molecule is Cc1ncsc1CCN(C)Cc1cnc(-c2ccccn2)nc1. The van der Waals surface area contributed by atoms with Gasteiger partial charge in [-0.05, 0) is 32.5 Å². The number of pyridine rings is 1. The first kappa shape index (κ1) is 15.7. The number of rotatable bonds is 6. The van der Waals surface area contributed by atoms with Crippen LogP contribution in [-0.2, 0) is 13.0 Å². The lowest BCUT2D eigenvalue weighted by molar-refractivity contribution is 0.331. The van der Waals surface area contributed by atoms with E-state index in [1.165, 1.54) is 4.88 Å². The average molecular weight is 325 g/mol. The average Bonchev–Trinajstić information content (AvgIpc) is 3.00. The van der Waals surface area contributed by atoms with Crippen LogP contribution in [0.4, 0.5) is 0 Å². The number of thiazole rings is 1. The largest absolute Gasteiger partial charge is 0.302 e. The lowest BCUT2D eigenvalue weighted by atomic mass is 10.2. The topological polar surface area (TPSA) is 54.8 Å². The molecule has 0 aromatic carbocycles. The minimum Gasteiger partial charge on any atom is -0.302 e. The summed E-state index contributed by atoms with van der Waals surface area (Å²) in [6, 6.07) is 5.74. The Hall–Kier alpha value is -2.18. The molecule has 6 heteroatoms. The van der Waals surface area contributed by atoms with Gasteiger partial charge in [0.1, 0.15) is 5.69 Å². The Bertz CT molecular complexity index is 739. The second-order valence-corrected chi connectivity index (χ2v) is 6.42. The minimum absolute atomic E-state index is 0.664. The Morgan fingerprint density at radius 1 is 1.09 bits per heavy atom. The zero-order valence-corrected chi connectivity index (χ0v) is 14.1. The second-order valence-electron chi connectivity index (χ2n) is 5.48. The molecular formula is C17H19N5S.